The second kappa shape index (κ2) is 7.11. The summed E-state index contributed by atoms with van der Waals surface area (Å²) >= 11 is 5.82. The molecule has 0 bridgehead atoms. The third-order valence-electron chi connectivity index (χ3n) is 4.01. The van der Waals surface area contributed by atoms with Crippen molar-refractivity contribution < 1.29 is 14.7 Å². The van der Waals surface area contributed by atoms with Gasteiger partial charge in [-0.2, -0.15) is 0 Å². The van der Waals surface area contributed by atoms with Crippen molar-refractivity contribution in [3.05, 3.63) is 34.9 Å². The van der Waals surface area contributed by atoms with Crippen molar-refractivity contribution >= 4 is 23.4 Å². The number of carbonyl (C=O) groups excluding carboxylic acids is 2. The highest BCUT2D eigenvalue weighted by molar-refractivity contribution is 6.30. The molecule has 0 radical (unpaired) electrons. The minimum Gasteiger partial charge on any atom is -0.386 e. The first-order valence-corrected chi connectivity index (χ1v) is 7.79. The number of nitrogens with one attached hydrogen (secondary N) is 1. The first-order chi connectivity index (χ1) is 10.4. The second-order valence-electron chi connectivity index (χ2n) is 5.66. The van der Waals surface area contributed by atoms with Crippen LogP contribution in [0.2, 0.25) is 5.02 Å². The van der Waals surface area contributed by atoms with Gasteiger partial charge in [-0.15, -0.1) is 0 Å². The molecular weight excluding hydrogens is 304 g/mol. The number of benzene rings is 1. The van der Waals surface area contributed by atoms with Gasteiger partial charge in [0.1, 0.15) is 6.04 Å². The van der Waals surface area contributed by atoms with Crippen LogP contribution in [0.15, 0.2) is 24.3 Å². The van der Waals surface area contributed by atoms with E-state index in [2.05, 4.69) is 5.32 Å². The van der Waals surface area contributed by atoms with Gasteiger partial charge in [-0.25, -0.2) is 0 Å². The summed E-state index contributed by atoms with van der Waals surface area (Å²) in [6, 6.07) is 5.97. The Kier molecular flexibility index (Phi) is 5.42. The SMILES string of the molecule is CC(=O)N1CCCC1C(=O)NC(C)C(O)c1ccc(Cl)cc1. The lowest BCUT2D eigenvalue weighted by atomic mass is 10.0. The molecule has 3 unspecified atom stereocenters. The van der Waals surface area contributed by atoms with Gasteiger partial charge in [-0.05, 0) is 37.5 Å². The highest BCUT2D eigenvalue weighted by Gasteiger charge is 2.33. The number of aliphatic hydroxyl groups excluding tert-OH is 1. The fraction of sp³-hybridized carbons (Fsp3) is 0.500. The molecule has 1 aromatic rings. The van der Waals surface area contributed by atoms with Crippen LogP contribution in [-0.2, 0) is 9.59 Å². The lowest BCUT2D eigenvalue weighted by Gasteiger charge is -2.26. The number of nitrogens with zero attached hydrogens (tertiary/aromatic N) is 1. The third kappa shape index (κ3) is 3.78. The Morgan fingerprint density at radius 3 is 2.59 bits per heavy atom. The molecule has 2 rings (SSSR count). The third-order valence-corrected chi connectivity index (χ3v) is 4.27. The van der Waals surface area contributed by atoms with Crippen molar-refractivity contribution in [2.45, 2.75) is 44.9 Å². The van der Waals surface area contributed by atoms with E-state index in [-0.39, 0.29) is 11.8 Å². The van der Waals surface area contributed by atoms with Crippen LogP contribution in [0.25, 0.3) is 0 Å². The lowest BCUT2D eigenvalue weighted by Crippen LogP contribution is -2.48. The number of likely N-dealkylation sites (tertiary alicyclic amines) is 1. The fourth-order valence-corrected chi connectivity index (χ4v) is 2.89. The highest BCUT2D eigenvalue weighted by atomic mass is 35.5. The molecule has 1 aromatic carbocycles. The summed E-state index contributed by atoms with van der Waals surface area (Å²) < 4.78 is 0. The summed E-state index contributed by atoms with van der Waals surface area (Å²) in [6.45, 7) is 3.82. The summed E-state index contributed by atoms with van der Waals surface area (Å²) in [5.41, 5.74) is 0.687. The minimum absolute atomic E-state index is 0.0939. The molecule has 5 nitrogen and oxygen atoms in total. The summed E-state index contributed by atoms with van der Waals surface area (Å²) in [6.07, 6.45) is 0.662. The molecule has 3 atom stereocenters. The summed E-state index contributed by atoms with van der Waals surface area (Å²) in [5.74, 6) is -0.309. The van der Waals surface area contributed by atoms with Crippen LogP contribution in [0.1, 0.15) is 38.4 Å². The van der Waals surface area contributed by atoms with Gasteiger partial charge in [-0.1, -0.05) is 23.7 Å². The maximum Gasteiger partial charge on any atom is 0.243 e. The molecule has 2 amide bonds. The van der Waals surface area contributed by atoms with Crippen molar-refractivity contribution in [2.75, 3.05) is 6.54 Å². The van der Waals surface area contributed by atoms with Crippen LogP contribution < -0.4 is 5.32 Å². The molecule has 2 N–H and O–H groups in total. The predicted octanol–water partition coefficient (Wildman–Crippen LogP) is 1.89. The lowest BCUT2D eigenvalue weighted by molar-refractivity contribution is -0.137. The number of hydrogen-bond donors (Lipinski definition) is 2. The van der Waals surface area contributed by atoms with E-state index in [9.17, 15) is 14.7 Å². The average Bonchev–Trinajstić information content (AvgIpc) is 2.97. The molecule has 0 spiro atoms. The van der Waals surface area contributed by atoms with Crippen LogP contribution in [0.5, 0.6) is 0 Å². The van der Waals surface area contributed by atoms with E-state index < -0.39 is 18.2 Å². The number of rotatable bonds is 4. The maximum atomic E-state index is 12.3. The Morgan fingerprint density at radius 2 is 2.00 bits per heavy atom. The van der Waals surface area contributed by atoms with Gasteiger partial charge < -0.3 is 15.3 Å². The Hall–Kier alpha value is -1.59. The number of aliphatic hydroxyl groups is 1. The van der Waals surface area contributed by atoms with Gasteiger partial charge in [0.05, 0.1) is 12.1 Å². The number of carbonyl (C=O) groups is 2. The molecule has 1 heterocycles. The Labute approximate surface area is 135 Å². The summed E-state index contributed by atoms with van der Waals surface area (Å²) in [7, 11) is 0. The molecular formula is C16H21ClN2O3. The van der Waals surface area contributed by atoms with Gasteiger partial charge in [0.25, 0.3) is 0 Å². The van der Waals surface area contributed by atoms with Crippen LogP contribution in [0, 0.1) is 0 Å². The zero-order valence-electron chi connectivity index (χ0n) is 12.8. The largest absolute Gasteiger partial charge is 0.386 e. The summed E-state index contributed by atoms with van der Waals surface area (Å²) in [4.78, 5) is 25.4. The van der Waals surface area contributed by atoms with Crippen LogP contribution >= 0.6 is 11.6 Å². The zero-order chi connectivity index (χ0) is 16.3. The molecule has 6 heteroatoms. The number of hydrogen-bond acceptors (Lipinski definition) is 3. The van der Waals surface area contributed by atoms with E-state index in [4.69, 9.17) is 11.6 Å². The molecule has 1 aliphatic heterocycles. The normalized spacial score (nSPS) is 20.5. The van der Waals surface area contributed by atoms with E-state index in [1.54, 1.807) is 36.1 Å². The minimum atomic E-state index is -0.826. The first kappa shape index (κ1) is 16.8. The first-order valence-electron chi connectivity index (χ1n) is 7.41. The standard InChI is InChI=1S/C16H21ClN2O3/c1-10(15(21)12-5-7-13(17)8-6-12)18-16(22)14-4-3-9-19(14)11(2)20/h5-8,10,14-15,21H,3-4,9H2,1-2H3,(H,18,22). The Balaban J connectivity index is 1.98. The quantitative estimate of drug-likeness (QED) is 0.888. The van der Waals surface area contributed by atoms with Gasteiger partial charge in [0.2, 0.25) is 11.8 Å². The monoisotopic (exact) mass is 324 g/mol. The number of amides is 2. The van der Waals surface area contributed by atoms with Crippen molar-refractivity contribution in [1.82, 2.24) is 10.2 Å². The Morgan fingerprint density at radius 1 is 1.36 bits per heavy atom. The van der Waals surface area contributed by atoms with Gasteiger partial charge >= 0.3 is 0 Å². The zero-order valence-corrected chi connectivity index (χ0v) is 13.5. The maximum absolute atomic E-state index is 12.3. The molecule has 0 saturated carbocycles. The molecule has 0 aliphatic carbocycles. The molecule has 1 aliphatic rings. The number of halogens is 1. The molecule has 1 saturated heterocycles. The predicted molar refractivity (Wildman–Crippen MR) is 84.4 cm³/mol. The van der Waals surface area contributed by atoms with Crippen molar-refractivity contribution in [3.63, 3.8) is 0 Å². The van der Waals surface area contributed by atoms with E-state index >= 15 is 0 Å². The fourth-order valence-electron chi connectivity index (χ4n) is 2.76. The van der Waals surface area contributed by atoms with Crippen molar-refractivity contribution in [3.8, 4) is 0 Å². The van der Waals surface area contributed by atoms with E-state index in [0.717, 1.165) is 6.42 Å². The average molecular weight is 325 g/mol. The van der Waals surface area contributed by atoms with E-state index in [0.29, 0.717) is 23.6 Å². The van der Waals surface area contributed by atoms with Crippen molar-refractivity contribution in [2.24, 2.45) is 0 Å². The van der Waals surface area contributed by atoms with Crippen LogP contribution in [0.3, 0.4) is 0 Å². The molecule has 120 valence electrons. The molecule has 22 heavy (non-hydrogen) atoms. The smallest absolute Gasteiger partial charge is 0.243 e. The van der Waals surface area contributed by atoms with Crippen molar-refractivity contribution in [1.29, 1.82) is 0 Å². The molecule has 0 aromatic heterocycles. The summed E-state index contributed by atoms with van der Waals surface area (Å²) in [5, 5.41) is 13.7. The van der Waals surface area contributed by atoms with Gasteiger partial charge in [-0.3, -0.25) is 9.59 Å². The topological polar surface area (TPSA) is 69.6 Å². The van der Waals surface area contributed by atoms with Crippen LogP contribution in [-0.4, -0.2) is 40.4 Å². The van der Waals surface area contributed by atoms with Gasteiger partial charge in [0, 0.05) is 18.5 Å². The highest BCUT2D eigenvalue weighted by Crippen LogP contribution is 2.21. The van der Waals surface area contributed by atoms with Crippen LogP contribution in [0.4, 0.5) is 0 Å². The second-order valence-corrected chi connectivity index (χ2v) is 6.10. The van der Waals surface area contributed by atoms with Gasteiger partial charge in [0.15, 0.2) is 0 Å². The molecule has 1 fully saturated rings. The van der Waals surface area contributed by atoms with E-state index in [1.165, 1.54) is 6.92 Å². The van der Waals surface area contributed by atoms with E-state index in [1.807, 2.05) is 0 Å². The Bertz CT molecular complexity index is 547.